The van der Waals surface area contributed by atoms with E-state index in [1.54, 1.807) is 42.3 Å². The molecule has 0 spiro atoms. The first-order valence-electron chi connectivity index (χ1n) is 6.41. The van der Waals surface area contributed by atoms with Crippen molar-refractivity contribution in [3.63, 3.8) is 0 Å². The number of fused-ring (bicyclic) bond motifs is 1. The van der Waals surface area contributed by atoms with E-state index in [9.17, 15) is 0 Å². The van der Waals surface area contributed by atoms with Crippen LogP contribution in [0.2, 0.25) is 0 Å². The van der Waals surface area contributed by atoms with Gasteiger partial charge in [0.05, 0.1) is 32.7 Å². The topological polar surface area (TPSA) is 82.3 Å². The molecular formula is C14H14N4O3. The number of nitrogens with zero attached hydrogens (tertiary/aromatic N) is 4. The Bertz CT molecular complexity index is 740. The molecule has 7 nitrogen and oxygen atoms in total. The zero-order chi connectivity index (χ0) is 14.7. The third-order valence-electron chi connectivity index (χ3n) is 2.91. The van der Waals surface area contributed by atoms with Crippen LogP contribution in [0.4, 0.5) is 0 Å². The molecule has 0 aliphatic rings. The van der Waals surface area contributed by atoms with Gasteiger partial charge in [-0.2, -0.15) is 5.10 Å². The van der Waals surface area contributed by atoms with Gasteiger partial charge in [-0.1, -0.05) is 0 Å². The largest absolute Gasteiger partial charge is 0.497 e. The summed E-state index contributed by atoms with van der Waals surface area (Å²) in [6.07, 6.45) is 3.13. The Balaban J connectivity index is 1.83. The van der Waals surface area contributed by atoms with E-state index >= 15 is 0 Å². The van der Waals surface area contributed by atoms with Crippen LogP contribution in [0.3, 0.4) is 0 Å². The zero-order valence-electron chi connectivity index (χ0n) is 11.4. The molecule has 3 aromatic rings. The Morgan fingerprint density at radius 3 is 2.62 bits per heavy atom. The molecule has 7 heteroatoms. The summed E-state index contributed by atoms with van der Waals surface area (Å²) in [5.41, 5.74) is 1.24. The van der Waals surface area contributed by atoms with Gasteiger partial charge in [-0.05, 0) is 24.3 Å². The Morgan fingerprint density at radius 2 is 1.90 bits per heavy atom. The quantitative estimate of drug-likeness (QED) is 0.767. The van der Waals surface area contributed by atoms with Gasteiger partial charge in [0.2, 0.25) is 5.88 Å². The van der Waals surface area contributed by atoms with Crippen molar-refractivity contribution in [1.29, 1.82) is 0 Å². The van der Waals surface area contributed by atoms with Gasteiger partial charge in [0.25, 0.3) is 0 Å². The highest BCUT2D eigenvalue weighted by Crippen LogP contribution is 2.23. The number of hydrogen-bond donors (Lipinski definition) is 1. The number of methoxy groups -OCH3 is 1. The van der Waals surface area contributed by atoms with E-state index in [0.29, 0.717) is 29.3 Å². The van der Waals surface area contributed by atoms with Gasteiger partial charge >= 0.3 is 0 Å². The maximum Gasteiger partial charge on any atom is 0.238 e. The molecule has 0 saturated heterocycles. The maximum absolute atomic E-state index is 8.95. The van der Waals surface area contributed by atoms with Crippen LogP contribution in [0.25, 0.3) is 11.2 Å². The highest BCUT2D eigenvalue weighted by molar-refractivity contribution is 5.69. The number of ether oxygens (including phenoxy) is 2. The molecule has 0 radical (unpaired) electrons. The SMILES string of the molecule is COc1ccc(Oc2cnc3c(cnn3CCO)n2)cc1. The van der Waals surface area contributed by atoms with Crippen molar-refractivity contribution in [3.05, 3.63) is 36.7 Å². The Kier molecular flexibility index (Phi) is 3.65. The molecule has 1 aromatic carbocycles. The summed E-state index contributed by atoms with van der Waals surface area (Å²) in [6.45, 7) is 0.388. The Hall–Kier alpha value is -2.67. The molecule has 0 bridgehead atoms. The van der Waals surface area contributed by atoms with Crippen LogP contribution in [-0.4, -0.2) is 38.6 Å². The van der Waals surface area contributed by atoms with Crippen molar-refractivity contribution in [1.82, 2.24) is 19.7 Å². The lowest BCUT2D eigenvalue weighted by Crippen LogP contribution is -2.04. The lowest BCUT2D eigenvalue weighted by molar-refractivity contribution is 0.271. The normalized spacial score (nSPS) is 10.8. The summed E-state index contributed by atoms with van der Waals surface area (Å²) in [5, 5.41) is 13.1. The minimum Gasteiger partial charge on any atom is -0.497 e. The predicted octanol–water partition coefficient (Wildman–Crippen LogP) is 1.62. The van der Waals surface area contributed by atoms with E-state index in [1.165, 1.54) is 6.20 Å². The van der Waals surface area contributed by atoms with Crippen molar-refractivity contribution >= 4 is 11.2 Å². The molecule has 108 valence electrons. The van der Waals surface area contributed by atoms with Gasteiger partial charge in [0.1, 0.15) is 17.0 Å². The summed E-state index contributed by atoms with van der Waals surface area (Å²) in [7, 11) is 1.61. The second-order valence-corrected chi connectivity index (χ2v) is 4.29. The molecule has 0 unspecified atom stereocenters. The summed E-state index contributed by atoms with van der Waals surface area (Å²) >= 11 is 0. The highest BCUT2D eigenvalue weighted by atomic mass is 16.5. The Morgan fingerprint density at radius 1 is 1.14 bits per heavy atom. The number of rotatable bonds is 5. The molecule has 0 atom stereocenters. The second-order valence-electron chi connectivity index (χ2n) is 4.29. The van der Waals surface area contributed by atoms with E-state index in [4.69, 9.17) is 14.6 Å². The molecule has 2 heterocycles. The predicted molar refractivity (Wildman–Crippen MR) is 75.5 cm³/mol. The molecule has 0 aliphatic carbocycles. The molecule has 3 rings (SSSR count). The average molecular weight is 286 g/mol. The van der Waals surface area contributed by atoms with Gasteiger partial charge in [-0.3, -0.25) is 0 Å². The van der Waals surface area contributed by atoms with E-state index in [2.05, 4.69) is 15.1 Å². The third-order valence-corrected chi connectivity index (χ3v) is 2.91. The van der Waals surface area contributed by atoms with Crippen LogP contribution in [0.5, 0.6) is 17.4 Å². The first-order chi connectivity index (χ1) is 10.3. The molecule has 0 fully saturated rings. The van der Waals surface area contributed by atoms with Crippen LogP contribution in [-0.2, 0) is 6.54 Å². The van der Waals surface area contributed by atoms with Crippen molar-refractivity contribution in [2.75, 3.05) is 13.7 Å². The monoisotopic (exact) mass is 286 g/mol. The number of benzene rings is 1. The van der Waals surface area contributed by atoms with Crippen molar-refractivity contribution < 1.29 is 14.6 Å². The first-order valence-corrected chi connectivity index (χ1v) is 6.41. The van der Waals surface area contributed by atoms with Gasteiger partial charge in [-0.25, -0.2) is 14.6 Å². The molecule has 21 heavy (non-hydrogen) atoms. The smallest absolute Gasteiger partial charge is 0.238 e. The molecular weight excluding hydrogens is 272 g/mol. The fourth-order valence-electron chi connectivity index (χ4n) is 1.92. The summed E-state index contributed by atoms with van der Waals surface area (Å²) < 4.78 is 12.3. The molecule has 2 aromatic heterocycles. The zero-order valence-corrected chi connectivity index (χ0v) is 11.4. The lowest BCUT2D eigenvalue weighted by atomic mass is 10.3. The van der Waals surface area contributed by atoms with E-state index in [1.807, 2.05) is 0 Å². The van der Waals surface area contributed by atoms with Crippen molar-refractivity contribution in [3.8, 4) is 17.4 Å². The van der Waals surface area contributed by atoms with Crippen molar-refractivity contribution in [2.45, 2.75) is 6.54 Å². The summed E-state index contributed by atoms with van der Waals surface area (Å²) in [6, 6.07) is 7.20. The summed E-state index contributed by atoms with van der Waals surface area (Å²) in [5.74, 6) is 1.79. The maximum atomic E-state index is 8.95. The minimum atomic E-state index is 0.00254. The van der Waals surface area contributed by atoms with Crippen LogP contribution in [0, 0.1) is 0 Å². The fourth-order valence-corrected chi connectivity index (χ4v) is 1.92. The van der Waals surface area contributed by atoms with Crippen LogP contribution >= 0.6 is 0 Å². The molecule has 0 aliphatic heterocycles. The first kappa shape index (κ1) is 13.3. The lowest BCUT2D eigenvalue weighted by Gasteiger charge is -2.05. The Labute approximate surface area is 120 Å². The number of aromatic nitrogens is 4. The van der Waals surface area contributed by atoms with E-state index < -0.39 is 0 Å². The van der Waals surface area contributed by atoms with E-state index in [-0.39, 0.29) is 6.61 Å². The average Bonchev–Trinajstić information content (AvgIpc) is 2.91. The highest BCUT2D eigenvalue weighted by Gasteiger charge is 2.07. The van der Waals surface area contributed by atoms with Gasteiger partial charge in [0.15, 0.2) is 5.65 Å². The third kappa shape index (κ3) is 2.77. The number of aliphatic hydroxyl groups excluding tert-OH is 1. The molecule has 0 saturated carbocycles. The fraction of sp³-hybridized carbons (Fsp3) is 0.214. The van der Waals surface area contributed by atoms with Crippen LogP contribution in [0.1, 0.15) is 0 Å². The van der Waals surface area contributed by atoms with Gasteiger partial charge in [0, 0.05) is 0 Å². The van der Waals surface area contributed by atoms with Gasteiger partial charge < -0.3 is 14.6 Å². The van der Waals surface area contributed by atoms with Gasteiger partial charge in [-0.15, -0.1) is 0 Å². The van der Waals surface area contributed by atoms with E-state index in [0.717, 1.165) is 5.75 Å². The molecule has 1 N–H and O–H groups in total. The molecule has 0 amide bonds. The standard InChI is InChI=1S/C14H14N4O3/c1-20-10-2-4-11(5-3-10)21-13-9-15-14-12(17-13)8-16-18(14)6-7-19/h2-5,8-9,19H,6-7H2,1H3. The van der Waals surface area contributed by atoms with Crippen LogP contribution in [0.15, 0.2) is 36.7 Å². The number of hydrogen-bond acceptors (Lipinski definition) is 6. The minimum absolute atomic E-state index is 0.00254. The van der Waals surface area contributed by atoms with Crippen LogP contribution < -0.4 is 9.47 Å². The summed E-state index contributed by atoms with van der Waals surface area (Å²) in [4.78, 5) is 8.60. The second kappa shape index (κ2) is 5.76. The number of aliphatic hydroxyl groups is 1. The van der Waals surface area contributed by atoms with Crippen molar-refractivity contribution in [2.24, 2.45) is 0 Å².